The summed E-state index contributed by atoms with van der Waals surface area (Å²) in [5, 5.41) is 17.4. The molecule has 0 fully saturated rings. The molecule has 0 amide bonds. The van der Waals surface area contributed by atoms with Gasteiger partial charge in [-0.3, -0.25) is 0 Å². The van der Waals surface area contributed by atoms with Crippen LogP contribution in [0, 0.1) is 0 Å². The highest BCUT2D eigenvalue weighted by Crippen LogP contribution is 2.34. The first-order valence-electron chi connectivity index (χ1n) is 7.79. The molecule has 0 spiro atoms. The Bertz CT molecular complexity index is 828. The van der Waals surface area contributed by atoms with Crippen LogP contribution in [0.1, 0.15) is 62.7 Å². The van der Waals surface area contributed by atoms with Gasteiger partial charge in [-0.25, -0.2) is 9.87 Å². The van der Waals surface area contributed by atoms with Crippen molar-refractivity contribution in [3.8, 4) is 5.88 Å². The molecule has 0 saturated heterocycles. The lowest BCUT2D eigenvalue weighted by Gasteiger charge is -2.17. The van der Waals surface area contributed by atoms with Gasteiger partial charge in [-0.2, -0.15) is 14.1 Å². The topological polar surface area (TPSA) is 113 Å². The third-order valence-corrected chi connectivity index (χ3v) is 4.57. The maximum atomic E-state index is 9.79. The number of imidazole rings is 1. The summed E-state index contributed by atoms with van der Waals surface area (Å²) in [6.45, 7) is 7.89. The molecule has 2 atom stereocenters. The van der Waals surface area contributed by atoms with E-state index in [1.165, 1.54) is 17.2 Å². The molecule has 0 aliphatic rings. The van der Waals surface area contributed by atoms with Gasteiger partial charge in [-0.15, -0.1) is 9.47 Å². The summed E-state index contributed by atoms with van der Waals surface area (Å²) >= 11 is 1.02. The normalized spacial score (nSPS) is 13.8. The van der Waals surface area contributed by atoms with Gasteiger partial charge < -0.3 is 5.21 Å². The molecule has 0 aliphatic heterocycles. The highest BCUT2D eigenvalue weighted by molar-refractivity contribution is 6.99. The van der Waals surface area contributed by atoms with Crippen molar-refractivity contribution in [3.05, 3.63) is 35.8 Å². The van der Waals surface area contributed by atoms with E-state index in [9.17, 15) is 5.21 Å². The standard InChI is InChI=1S/C14H19N7O3S/c1-8(2)11-7-16-19-21(11)24-23-14-12(17-25-18-14)9(3)10(4)13-15-5-6-20(13)22/h5-10,22H,1-4H3/t9-,10+/m0/s1. The van der Waals surface area contributed by atoms with Gasteiger partial charge >= 0.3 is 5.88 Å². The van der Waals surface area contributed by atoms with Crippen molar-refractivity contribution in [1.82, 2.24) is 33.6 Å². The molecule has 0 unspecified atom stereocenters. The predicted molar refractivity (Wildman–Crippen MR) is 87.5 cm³/mol. The molecule has 10 nitrogen and oxygen atoms in total. The minimum absolute atomic E-state index is 0.106. The Labute approximate surface area is 148 Å². The third kappa shape index (κ3) is 3.40. The summed E-state index contributed by atoms with van der Waals surface area (Å²) in [6.07, 6.45) is 4.63. The highest BCUT2D eigenvalue weighted by atomic mass is 32.1. The van der Waals surface area contributed by atoms with Gasteiger partial charge in [0.25, 0.3) is 0 Å². The molecule has 1 N–H and O–H groups in total. The highest BCUT2D eigenvalue weighted by Gasteiger charge is 2.27. The molecule has 11 heteroatoms. The number of hydrogen-bond donors (Lipinski definition) is 1. The maximum absolute atomic E-state index is 9.79. The Balaban J connectivity index is 1.74. The molecule has 134 valence electrons. The van der Waals surface area contributed by atoms with Crippen molar-refractivity contribution in [3.63, 3.8) is 0 Å². The van der Waals surface area contributed by atoms with Crippen LogP contribution in [0.4, 0.5) is 0 Å². The summed E-state index contributed by atoms with van der Waals surface area (Å²) in [5.74, 6) is 0.750. The molecular weight excluding hydrogens is 346 g/mol. The van der Waals surface area contributed by atoms with E-state index in [2.05, 4.69) is 24.0 Å². The smallest absolute Gasteiger partial charge is 0.307 e. The molecule has 0 radical (unpaired) electrons. The van der Waals surface area contributed by atoms with Gasteiger partial charge in [0, 0.05) is 24.0 Å². The Morgan fingerprint density at radius 1 is 1.16 bits per heavy atom. The van der Waals surface area contributed by atoms with E-state index >= 15 is 0 Å². The van der Waals surface area contributed by atoms with E-state index in [0.29, 0.717) is 11.5 Å². The van der Waals surface area contributed by atoms with Crippen molar-refractivity contribution in [2.24, 2.45) is 0 Å². The largest absolute Gasteiger partial charge is 0.427 e. The molecular formula is C14H19N7O3S. The van der Waals surface area contributed by atoms with Crippen LogP contribution in [0.5, 0.6) is 5.88 Å². The lowest BCUT2D eigenvalue weighted by molar-refractivity contribution is -0.226. The van der Waals surface area contributed by atoms with Crippen LogP contribution in [0.3, 0.4) is 0 Å². The summed E-state index contributed by atoms with van der Waals surface area (Å²) in [4.78, 5) is 16.0. The zero-order valence-electron chi connectivity index (χ0n) is 14.3. The molecule has 0 saturated carbocycles. The van der Waals surface area contributed by atoms with Gasteiger partial charge in [-0.05, 0) is 10.1 Å². The van der Waals surface area contributed by atoms with Crippen molar-refractivity contribution in [1.29, 1.82) is 0 Å². The van der Waals surface area contributed by atoms with E-state index < -0.39 is 0 Å². The minimum Gasteiger partial charge on any atom is -0.427 e. The molecule has 3 aromatic rings. The lowest BCUT2D eigenvalue weighted by atomic mass is 9.92. The average molecular weight is 365 g/mol. The van der Waals surface area contributed by atoms with Gasteiger partial charge in [0.05, 0.1) is 24.1 Å². The molecule has 25 heavy (non-hydrogen) atoms. The summed E-state index contributed by atoms with van der Waals surface area (Å²) in [5.41, 5.74) is 1.39. The fourth-order valence-corrected chi connectivity index (χ4v) is 2.92. The van der Waals surface area contributed by atoms with E-state index in [4.69, 9.17) is 9.88 Å². The van der Waals surface area contributed by atoms with Crippen LogP contribution in [-0.4, -0.2) is 38.8 Å². The van der Waals surface area contributed by atoms with Gasteiger partial charge in [0.2, 0.25) is 0 Å². The molecule has 3 rings (SSSR count). The predicted octanol–water partition coefficient (Wildman–Crippen LogP) is 2.02. The van der Waals surface area contributed by atoms with Crippen LogP contribution < -0.4 is 9.88 Å². The number of aromatic nitrogens is 7. The number of hydrogen-bond acceptors (Lipinski definition) is 9. The Kier molecular flexibility index (Phi) is 4.83. The zero-order valence-corrected chi connectivity index (χ0v) is 15.1. The molecule has 0 aliphatic carbocycles. The SMILES string of the molecule is CC(C)c1cnnn1OOc1nsnc1[C@@H](C)[C@@H](C)c1nccn1O. The molecule has 0 bridgehead atoms. The summed E-state index contributed by atoms with van der Waals surface area (Å²) in [6, 6.07) is 0. The second-order valence-electron chi connectivity index (χ2n) is 6.01. The van der Waals surface area contributed by atoms with Crippen molar-refractivity contribution in [2.45, 2.75) is 45.4 Å². The monoisotopic (exact) mass is 365 g/mol. The van der Waals surface area contributed by atoms with Crippen LogP contribution >= 0.6 is 11.7 Å². The van der Waals surface area contributed by atoms with E-state index in [-0.39, 0.29) is 23.6 Å². The Hall–Kier alpha value is -2.69. The van der Waals surface area contributed by atoms with E-state index in [0.717, 1.165) is 22.2 Å². The van der Waals surface area contributed by atoms with Gasteiger partial charge in [-0.1, -0.05) is 27.7 Å². The second-order valence-corrected chi connectivity index (χ2v) is 6.53. The van der Waals surface area contributed by atoms with E-state index in [1.807, 2.05) is 27.7 Å². The fourth-order valence-electron chi connectivity index (χ4n) is 2.35. The molecule has 3 heterocycles. The lowest BCUT2D eigenvalue weighted by Crippen LogP contribution is -2.21. The Morgan fingerprint density at radius 3 is 2.64 bits per heavy atom. The van der Waals surface area contributed by atoms with Crippen LogP contribution in [0.15, 0.2) is 18.6 Å². The van der Waals surface area contributed by atoms with Crippen LogP contribution in [-0.2, 0) is 0 Å². The summed E-state index contributed by atoms with van der Waals surface area (Å²) in [7, 11) is 0. The summed E-state index contributed by atoms with van der Waals surface area (Å²) < 4.78 is 9.43. The van der Waals surface area contributed by atoms with Crippen LogP contribution in [0.2, 0.25) is 0 Å². The van der Waals surface area contributed by atoms with Gasteiger partial charge in [0.15, 0.2) is 0 Å². The van der Waals surface area contributed by atoms with Crippen molar-refractivity contribution in [2.75, 3.05) is 0 Å². The second kappa shape index (κ2) is 7.05. The number of nitrogens with zero attached hydrogens (tertiary/aromatic N) is 7. The fraction of sp³-hybridized carbons (Fsp3) is 0.500. The first-order chi connectivity index (χ1) is 12.0. The average Bonchev–Trinajstić information content (AvgIpc) is 3.31. The first kappa shape index (κ1) is 17.1. The quantitative estimate of drug-likeness (QED) is 0.384. The van der Waals surface area contributed by atoms with Crippen molar-refractivity contribution < 1.29 is 15.1 Å². The van der Waals surface area contributed by atoms with E-state index in [1.54, 1.807) is 6.20 Å². The Morgan fingerprint density at radius 2 is 1.96 bits per heavy atom. The zero-order chi connectivity index (χ0) is 18.0. The first-order valence-corrected chi connectivity index (χ1v) is 8.52. The third-order valence-electron chi connectivity index (χ3n) is 4.04. The minimum atomic E-state index is -0.108. The van der Waals surface area contributed by atoms with Crippen LogP contribution in [0.25, 0.3) is 0 Å². The number of rotatable bonds is 7. The molecule has 0 aromatic carbocycles. The molecule has 3 aromatic heterocycles. The van der Waals surface area contributed by atoms with Crippen molar-refractivity contribution >= 4 is 11.7 Å². The maximum Gasteiger partial charge on any atom is 0.307 e. The van der Waals surface area contributed by atoms with Gasteiger partial charge in [0.1, 0.15) is 17.2 Å².